The molecule has 1 heterocycles. The van der Waals surface area contributed by atoms with Crippen molar-refractivity contribution in [3.63, 3.8) is 0 Å². The lowest BCUT2D eigenvalue weighted by molar-refractivity contribution is 0.0996. The average molecular weight is 260 g/mol. The lowest BCUT2D eigenvalue weighted by Crippen LogP contribution is -2.12. The summed E-state index contributed by atoms with van der Waals surface area (Å²) >= 11 is 0. The Labute approximate surface area is 111 Å². The molecule has 0 fully saturated rings. The highest BCUT2D eigenvalue weighted by Gasteiger charge is 2.15. The first-order valence-electron chi connectivity index (χ1n) is 6.09. The van der Waals surface area contributed by atoms with Crippen molar-refractivity contribution in [2.24, 2.45) is 5.73 Å². The molecule has 0 bridgehead atoms. The maximum atomic E-state index is 11.2. The maximum absolute atomic E-state index is 11.2. The summed E-state index contributed by atoms with van der Waals surface area (Å²) < 4.78 is 5.68. The van der Waals surface area contributed by atoms with Gasteiger partial charge >= 0.3 is 0 Å². The lowest BCUT2D eigenvalue weighted by atomic mass is 10.1. The highest BCUT2D eigenvalue weighted by atomic mass is 16.5. The minimum absolute atomic E-state index is 0.135. The minimum Gasteiger partial charge on any atom is -0.491 e. The number of nitrogens with two attached hydrogens (primary N) is 1. The molecule has 2 rings (SSSR count). The van der Waals surface area contributed by atoms with Crippen LogP contribution < -0.4 is 10.5 Å². The standard InChI is InChI=1S/C13H16N4O2/c1-3-8(2)19-10-6-4-9(5-7-10)11-12(13(14)18)16-17-15-11/h4-8H,3H2,1-2H3,(H2,14,18)(H,15,16,17). The van der Waals surface area contributed by atoms with Crippen LogP contribution in [0.3, 0.4) is 0 Å². The van der Waals surface area contributed by atoms with E-state index in [2.05, 4.69) is 22.3 Å². The summed E-state index contributed by atoms with van der Waals surface area (Å²) in [5.74, 6) is 0.172. The Morgan fingerprint density at radius 2 is 2.05 bits per heavy atom. The van der Waals surface area contributed by atoms with Gasteiger partial charge in [-0.3, -0.25) is 4.79 Å². The van der Waals surface area contributed by atoms with Crippen LogP contribution in [0.5, 0.6) is 5.75 Å². The smallest absolute Gasteiger partial charge is 0.271 e. The largest absolute Gasteiger partial charge is 0.491 e. The van der Waals surface area contributed by atoms with Gasteiger partial charge in [-0.25, -0.2) is 0 Å². The Kier molecular flexibility index (Phi) is 3.79. The van der Waals surface area contributed by atoms with Gasteiger partial charge in [0.05, 0.1) is 6.10 Å². The molecule has 1 atom stereocenters. The fraction of sp³-hybridized carbons (Fsp3) is 0.308. The van der Waals surface area contributed by atoms with E-state index in [-0.39, 0.29) is 11.8 Å². The number of nitrogens with one attached hydrogen (secondary N) is 1. The number of hydrogen-bond donors (Lipinski definition) is 2. The van der Waals surface area contributed by atoms with Crippen molar-refractivity contribution in [3.8, 4) is 17.0 Å². The Hall–Kier alpha value is -2.37. The molecule has 0 saturated heterocycles. The zero-order valence-corrected chi connectivity index (χ0v) is 10.9. The molecule has 1 unspecified atom stereocenters. The average Bonchev–Trinajstić information content (AvgIpc) is 2.89. The summed E-state index contributed by atoms with van der Waals surface area (Å²) in [6.45, 7) is 4.07. The van der Waals surface area contributed by atoms with Crippen LogP contribution in [0.1, 0.15) is 30.8 Å². The van der Waals surface area contributed by atoms with Gasteiger partial charge in [0.1, 0.15) is 11.4 Å². The van der Waals surface area contributed by atoms with E-state index in [0.717, 1.165) is 17.7 Å². The first-order chi connectivity index (χ1) is 9.11. The van der Waals surface area contributed by atoms with Gasteiger partial charge < -0.3 is 10.5 Å². The number of nitrogens with zero attached hydrogens (tertiary/aromatic N) is 2. The van der Waals surface area contributed by atoms with Gasteiger partial charge in [0.25, 0.3) is 5.91 Å². The molecule has 0 spiro atoms. The van der Waals surface area contributed by atoms with Gasteiger partial charge in [0, 0.05) is 5.56 Å². The number of ether oxygens (including phenoxy) is 1. The van der Waals surface area contributed by atoms with Crippen molar-refractivity contribution in [3.05, 3.63) is 30.0 Å². The van der Waals surface area contributed by atoms with Crippen molar-refractivity contribution >= 4 is 5.91 Å². The van der Waals surface area contributed by atoms with E-state index in [0.29, 0.717) is 5.69 Å². The zero-order chi connectivity index (χ0) is 13.8. The Morgan fingerprint density at radius 1 is 1.37 bits per heavy atom. The van der Waals surface area contributed by atoms with Crippen LogP contribution in [0.4, 0.5) is 0 Å². The monoisotopic (exact) mass is 260 g/mol. The number of carbonyl (C=O) groups is 1. The number of amides is 1. The number of primary amides is 1. The van der Waals surface area contributed by atoms with E-state index in [1.165, 1.54) is 0 Å². The van der Waals surface area contributed by atoms with Gasteiger partial charge in [-0.1, -0.05) is 6.92 Å². The van der Waals surface area contributed by atoms with Crippen LogP contribution >= 0.6 is 0 Å². The van der Waals surface area contributed by atoms with E-state index in [4.69, 9.17) is 10.5 Å². The summed E-state index contributed by atoms with van der Waals surface area (Å²) in [6, 6.07) is 7.31. The van der Waals surface area contributed by atoms with Crippen molar-refractivity contribution in [1.82, 2.24) is 15.4 Å². The Morgan fingerprint density at radius 3 is 2.63 bits per heavy atom. The predicted octanol–water partition coefficient (Wildman–Crippen LogP) is 1.75. The second kappa shape index (κ2) is 5.51. The van der Waals surface area contributed by atoms with Gasteiger partial charge in [-0.15, -0.1) is 0 Å². The van der Waals surface area contributed by atoms with Gasteiger partial charge in [-0.2, -0.15) is 15.4 Å². The molecule has 1 amide bonds. The number of H-pyrrole nitrogens is 1. The number of aromatic amines is 1. The third kappa shape index (κ3) is 2.90. The molecule has 3 N–H and O–H groups in total. The Bertz CT molecular complexity index is 562. The Balaban J connectivity index is 2.23. The second-order valence-electron chi connectivity index (χ2n) is 4.25. The molecule has 19 heavy (non-hydrogen) atoms. The van der Waals surface area contributed by atoms with Gasteiger partial charge in [0.15, 0.2) is 5.69 Å². The fourth-order valence-electron chi connectivity index (χ4n) is 1.61. The third-order valence-electron chi connectivity index (χ3n) is 2.82. The van der Waals surface area contributed by atoms with Crippen molar-refractivity contribution in [2.75, 3.05) is 0 Å². The van der Waals surface area contributed by atoms with Gasteiger partial charge in [-0.05, 0) is 37.6 Å². The SMILES string of the molecule is CCC(C)Oc1ccc(-c2n[nH]nc2C(N)=O)cc1. The molecular weight excluding hydrogens is 244 g/mol. The fourth-order valence-corrected chi connectivity index (χ4v) is 1.61. The molecule has 0 aliphatic heterocycles. The molecule has 0 saturated carbocycles. The summed E-state index contributed by atoms with van der Waals surface area (Å²) in [6.07, 6.45) is 1.11. The number of benzene rings is 1. The highest BCUT2D eigenvalue weighted by Crippen LogP contribution is 2.23. The van der Waals surface area contributed by atoms with Crippen LogP contribution in [0, 0.1) is 0 Å². The molecule has 6 heteroatoms. The van der Waals surface area contributed by atoms with Crippen LogP contribution in [0.2, 0.25) is 0 Å². The van der Waals surface area contributed by atoms with Crippen LogP contribution in [-0.4, -0.2) is 27.4 Å². The van der Waals surface area contributed by atoms with Gasteiger partial charge in [0.2, 0.25) is 0 Å². The van der Waals surface area contributed by atoms with E-state index >= 15 is 0 Å². The second-order valence-corrected chi connectivity index (χ2v) is 4.25. The minimum atomic E-state index is -0.608. The van der Waals surface area contributed by atoms with Crippen molar-refractivity contribution < 1.29 is 9.53 Å². The molecule has 6 nitrogen and oxygen atoms in total. The summed E-state index contributed by atoms with van der Waals surface area (Å²) in [7, 11) is 0. The molecule has 0 radical (unpaired) electrons. The lowest BCUT2D eigenvalue weighted by Gasteiger charge is -2.12. The molecule has 100 valence electrons. The zero-order valence-electron chi connectivity index (χ0n) is 10.9. The predicted molar refractivity (Wildman–Crippen MR) is 70.7 cm³/mol. The van der Waals surface area contributed by atoms with Crippen LogP contribution in [-0.2, 0) is 0 Å². The van der Waals surface area contributed by atoms with Crippen molar-refractivity contribution in [2.45, 2.75) is 26.4 Å². The first-order valence-corrected chi connectivity index (χ1v) is 6.09. The van der Waals surface area contributed by atoms with E-state index in [1.54, 1.807) is 0 Å². The maximum Gasteiger partial charge on any atom is 0.271 e. The number of aromatic nitrogens is 3. The summed E-state index contributed by atoms with van der Waals surface area (Å²) in [5.41, 5.74) is 6.57. The summed E-state index contributed by atoms with van der Waals surface area (Å²) in [4.78, 5) is 11.2. The first kappa shape index (κ1) is 13.1. The van der Waals surface area contributed by atoms with Crippen molar-refractivity contribution in [1.29, 1.82) is 0 Å². The quantitative estimate of drug-likeness (QED) is 0.856. The molecule has 0 aliphatic rings. The summed E-state index contributed by atoms with van der Waals surface area (Å²) in [5, 5.41) is 10.1. The van der Waals surface area contributed by atoms with Crippen LogP contribution in [0.15, 0.2) is 24.3 Å². The number of hydrogen-bond acceptors (Lipinski definition) is 4. The van der Waals surface area contributed by atoms with Crippen LogP contribution in [0.25, 0.3) is 11.3 Å². The number of rotatable bonds is 5. The molecule has 2 aromatic rings. The molecule has 1 aromatic heterocycles. The molecule has 1 aromatic carbocycles. The van der Waals surface area contributed by atoms with E-state index < -0.39 is 5.91 Å². The highest BCUT2D eigenvalue weighted by molar-refractivity contribution is 5.96. The topological polar surface area (TPSA) is 93.9 Å². The normalized spacial score (nSPS) is 12.1. The van der Waals surface area contributed by atoms with E-state index in [1.807, 2.05) is 31.2 Å². The van der Waals surface area contributed by atoms with E-state index in [9.17, 15) is 4.79 Å². The number of carbonyl (C=O) groups excluding carboxylic acids is 1. The third-order valence-corrected chi connectivity index (χ3v) is 2.82. The molecular formula is C13H16N4O2. The molecule has 0 aliphatic carbocycles.